The molecule has 1 aliphatic rings. The van der Waals surface area contributed by atoms with Gasteiger partial charge in [-0.25, -0.2) is 0 Å². The topological polar surface area (TPSA) is 21.7 Å². The number of likely N-dealkylation sites (N-methyl/N-ethyl adjacent to an activating group) is 1. The maximum atomic E-state index is 6.02. The van der Waals surface area contributed by atoms with Crippen molar-refractivity contribution in [2.75, 3.05) is 25.1 Å². The summed E-state index contributed by atoms with van der Waals surface area (Å²) in [4.78, 5) is 2.21. The zero-order chi connectivity index (χ0) is 16.2. The number of nitrogens with zero attached hydrogens (tertiary/aromatic N) is 1. The van der Waals surface area contributed by atoms with E-state index in [9.17, 15) is 0 Å². The molecule has 3 rings (SSSR count). The minimum Gasteiger partial charge on any atom is -0.490 e. The van der Waals surface area contributed by atoms with Crippen molar-refractivity contribution in [3.8, 4) is 11.5 Å². The van der Waals surface area contributed by atoms with Crippen LogP contribution in [0.3, 0.4) is 0 Å². The first kappa shape index (κ1) is 15.5. The highest BCUT2D eigenvalue weighted by atomic mass is 16.5. The van der Waals surface area contributed by atoms with E-state index in [1.54, 1.807) is 0 Å². The number of benzene rings is 2. The zero-order valence-corrected chi connectivity index (χ0v) is 14.0. The van der Waals surface area contributed by atoms with E-state index in [-0.39, 0.29) is 6.10 Å². The van der Waals surface area contributed by atoms with Crippen LogP contribution >= 0.6 is 0 Å². The second kappa shape index (κ2) is 6.78. The average molecular weight is 309 g/mol. The summed E-state index contributed by atoms with van der Waals surface area (Å²) in [5.74, 6) is 1.80. The lowest BCUT2D eigenvalue weighted by Crippen LogP contribution is -2.41. The van der Waals surface area contributed by atoms with Crippen molar-refractivity contribution < 1.29 is 9.47 Å². The molecule has 0 amide bonds. The quantitative estimate of drug-likeness (QED) is 0.836. The van der Waals surface area contributed by atoms with Crippen molar-refractivity contribution in [3.05, 3.63) is 59.7 Å². The summed E-state index contributed by atoms with van der Waals surface area (Å²) < 4.78 is 11.9. The molecule has 0 fully saturated rings. The minimum atomic E-state index is 0.0346. The number of ether oxygens (including phenoxy) is 2. The van der Waals surface area contributed by atoms with Gasteiger partial charge in [0.2, 0.25) is 0 Å². The number of allylic oxidation sites excluding steroid dienone is 1. The number of rotatable bonds is 4. The number of hydrogen-bond acceptors (Lipinski definition) is 3. The van der Waals surface area contributed by atoms with E-state index in [1.165, 1.54) is 11.1 Å². The Morgan fingerprint density at radius 3 is 2.65 bits per heavy atom. The number of hydrogen-bond donors (Lipinski definition) is 0. The van der Waals surface area contributed by atoms with Gasteiger partial charge in [-0.2, -0.15) is 0 Å². The van der Waals surface area contributed by atoms with Gasteiger partial charge in [-0.05, 0) is 43.7 Å². The second-order valence-electron chi connectivity index (χ2n) is 6.19. The Labute approximate surface area is 138 Å². The SMILES string of the molecule is CC(C)=Cc1ccc(OCC2CN(C)c3ccccc3O2)cc1. The molecule has 1 aliphatic heterocycles. The molecule has 0 aromatic heterocycles. The van der Waals surface area contributed by atoms with E-state index in [0.717, 1.165) is 23.7 Å². The van der Waals surface area contributed by atoms with Crippen LogP contribution in [0.5, 0.6) is 11.5 Å². The Morgan fingerprint density at radius 2 is 1.91 bits per heavy atom. The van der Waals surface area contributed by atoms with Crippen LogP contribution in [0.4, 0.5) is 5.69 Å². The fourth-order valence-corrected chi connectivity index (χ4v) is 2.76. The molecule has 1 unspecified atom stereocenters. The van der Waals surface area contributed by atoms with Gasteiger partial charge in [0, 0.05) is 7.05 Å². The third-order valence-electron chi connectivity index (χ3n) is 3.82. The second-order valence-corrected chi connectivity index (χ2v) is 6.19. The maximum Gasteiger partial charge on any atom is 0.150 e. The van der Waals surface area contributed by atoms with Crippen LogP contribution in [0.25, 0.3) is 6.08 Å². The molecule has 3 nitrogen and oxygen atoms in total. The van der Waals surface area contributed by atoms with Gasteiger partial charge in [0.05, 0.1) is 12.2 Å². The highest BCUT2D eigenvalue weighted by Gasteiger charge is 2.23. The molecule has 0 bridgehead atoms. The molecule has 0 radical (unpaired) electrons. The van der Waals surface area contributed by atoms with Crippen LogP contribution in [-0.4, -0.2) is 26.3 Å². The Bertz CT molecular complexity index is 687. The van der Waals surface area contributed by atoms with E-state index in [0.29, 0.717) is 6.61 Å². The fourth-order valence-electron chi connectivity index (χ4n) is 2.76. The molecule has 23 heavy (non-hydrogen) atoms. The highest BCUT2D eigenvalue weighted by molar-refractivity contribution is 5.59. The van der Waals surface area contributed by atoms with Crippen LogP contribution < -0.4 is 14.4 Å². The van der Waals surface area contributed by atoms with E-state index in [2.05, 4.69) is 50.1 Å². The normalized spacial score (nSPS) is 16.3. The Morgan fingerprint density at radius 1 is 1.17 bits per heavy atom. The zero-order valence-electron chi connectivity index (χ0n) is 14.0. The lowest BCUT2D eigenvalue weighted by atomic mass is 10.1. The molecule has 1 atom stereocenters. The first-order valence-electron chi connectivity index (χ1n) is 7.96. The molecule has 0 saturated heterocycles. The van der Waals surface area contributed by atoms with Crippen molar-refractivity contribution in [2.24, 2.45) is 0 Å². The predicted octanol–water partition coefficient (Wildman–Crippen LogP) is 4.39. The Kier molecular flexibility index (Phi) is 4.56. The van der Waals surface area contributed by atoms with Crippen molar-refractivity contribution in [1.82, 2.24) is 0 Å². The van der Waals surface area contributed by atoms with Gasteiger partial charge in [0.25, 0.3) is 0 Å². The molecular formula is C20H23NO2. The molecule has 0 aliphatic carbocycles. The average Bonchev–Trinajstić information content (AvgIpc) is 2.54. The third-order valence-corrected chi connectivity index (χ3v) is 3.82. The summed E-state index contributed by atoms with van der Waals surface area (Å²) in [5.41, 5.74) is 3.62. The van der Waals surface area contributed by atoms with Crippen LogP contribution in [0, 0.1) is 0 Å². The predicted molar refractivity (Wildman–Crippen MR) is 95.4 cm³/mol. The van der Waals surface area contributed by atoms with Gasteiger partial charge in [0.1, 0.15) is 24.2 Å². The van der Waals surface area contributed by atoms with E-state index in [4.69, 9.17) is 9.47 Å². The van der Waals surface area contributed by atoms with Gasteiger partial charge < -0.3 is 14.4 Å². The molecule has 3 heteroatoms. The lowest BCUT2D eigenvalue weighted by molar-refractivity contribution is 0.126. The summed E-state index contributed by atoms with van der Waals surface area (Å²) in [5, 5.41) is 0. The fraction of sp³-hybridized carbons (Fsp3) is 0.300. The molecular weight excluding hydrogens is 286 g/mol. The van der Waals surface area contributed by atoms with E-state index in [1.807, 2.05) is 30.3 Å². The monoisotopic (exact) mass is 309 g/mol. The van der Waals surface area contributed by atoms with Gasteiger partial charge in [-0.1, -0.05) is 35.9 Å². The van der Waals surface area contributed by atoms with E-state index < -0.39 is 0 Å². The van der Waals surface area contributed by atoms with Gasteiger partial charge in [-0.3, -0.25) is 0 Å². The first-order chi connectivity index (χ1) is 11.1. The third kappa shape index (κ3) is 3.86. The molecule has 0 saturated carbocycles. The molecule has 2 aromatic rings. The summed E-state index contributed by atoms with van der Waals surface area (Å²) in [6.07, 6.45) is 2.19. The standard InChI is InChI=1S/C20H23NO2/c1-15(2)12-16-8-10-17(11-9-16)22-14-18-13-21(3)19-6-4-5-7-20(19)23-18/h4-12,18H,13-14H2,1-3H3. The van der Waals surface area contributed by atoms with Gasteiger partial charge >= 0.3 is 0 Å². The van der Waals surface area contributed by atoms with Crippen LogP contribution in [0.15, 0.2) is 54.1 Å². The van der Waals surface area contributed by atoms with Crippen molar-refractivity contribution in [2.45, 2.75) is 20.0 Å². The van der Waals surface area contributed by atoms with Gasteiger partial charge in [0.15, 0.2) is 0 Å². The molecule has 1 heterocycles. The lowest BCUT2D eigenvalue weighted by Gasteiger charge is -2.33. The highest BCUT2D eigenvalue weighted by Crippen LogP contribution is 2.32. The van der Waals surface area contributed by atoms with Crippen molar-refractivity contribution >= 4 is 11.8 Å². The summed E-state index contributed by atoms with van der Waals surface area (Å²) in [6, 6.07) is 16.3. The number of para-hydroxylation sites is 2. The van der Waals surface area contributed by atoms with E-state index >= 15 is 0 Å². The minimum absolute atomic E-state index is 0.0346. The smallest absolute Gasteiger partial charge is 0.150 e. The van der Waals surface area contributed by atoms with Crippen LogP contribution in [-0.2, 0) is 0 Å². The summed E-state index contributed by atoms with van der Waals surface area (Å²) in [6.45, 7) is 5.56. The first-order valence-corrected chi connectivity index (χ1v) is 7.96. The molecule has 2 aromatic carbocycles. The largest absolute Gasteiger partial charge is 0.490 e. The summed E-state index contributed by atoms with van der Waals surface area (Å²) in [7, 11) is 2.09. The molecule has 120 valence electrons. The van der Waals surface area contributed by atoms with Crippen molar-refractivity contribution in [1.29, 1.82) is 0 Å². The molecule has 0 N–H and O–H groups in total. The Hall–Kier alpha value is -2.42. The number of fused-ring (bicyclic) bond motifs is 1. The van der Waals surface area contributed by atoms with Crippen LogP contribution in [0.2, 0.25) is 0 Å². The number of anilines is 1. The van der Waals surface area contributed by atoms with Gasteiger partial charge in [-0.15, -0.1) is 0 Å². The van der Waals surface area contributed by atoms with Crippen LogP contribution in [0.1, 0.15) is 19.4 Å². The Balaban J connectivity index is 1.60. The van der Waals surface area contributed by atoms with Crippen molar-refractivity contribution in [3.63, 3.8) is 0 Å². The maximum absolute atomic E-state index is 6.02. The molecule has 0 spiro atoms. The summed E-state index contributed by atoms with van der Waals surface area (Å²) >= 11 is 0.